The van der Waals surface area contributed by atoms with Crippen molar-refractivity contribution >= 4 is 17.9 Å². The number of nitrogens with zero attached hydrogens (tertiary/aromatic N) is 2. The Balaban J connectivity index is 2.91. The minimum atomic E-state index is -0.442. The molecule has 0 saturated heterocycles. The van der Waals surface area contributed by atoms with Gasteiger partial charge in [0.1, 0.15) is 0 Å². The summed E-state index contributed by atoms with van der Waals surface area (Å²) in [6.07, 6.45) is 1.39. The van der Waals surface area contributed by atoms with Gasteiger partial charge in [-0.15, -0.1) is 0 Å². The first-order valence-electron chi connectivity index (χ1n) is 4.37. The molecule has 0 unspecified atom stereocenters. The third kappa shape index (κ3) is 3.07. The number of hydrogen-bond donors (Lipinski definition) is 1. The van der Waals surface area contributed by atoms with E-state index < -0.39 is 5.91 Å². The summed E-state index contributed by atoms with van der Waals surface area (Å²) >= 11 is 0. The molecule has 1 rings (SSSR count). The molecule has 5 nitrogen and oxygen atoms in total. The molecule has 0 fully saturated rings. The quantitative estimate of drug-likeness (QED) is 0.460. The Hall–Kier alpha value is -1.88. The second-order valence-electron chi connectivity index (χ2n) is 3.16. The molecule has 0 heterocycles. The van der Waals surface area contributed by atoms with Crippen LogP contribution in [0.3, 0.4) is 0 Å². The average molecular weight is 206 g/mol. The second-order valence-corrected chi connectivity index (χ2v) is 3.16. The van der Waals surface area contributed by atoms with Crippen molar-refractivity contribution in [2.24, 2.45) is 4.99 Å². The maximum Gasteiger partial charge on any atom is 0.280 e. The van der Waals surface area contributed by atoms with Gasteiger partial charge in [-0.05, 0) is 12.1 Å². The van der Waals surface area contributed by atoms with E-state index in [1.54, 1.807) is 42.7 Å². The zero-order valence-corrected chi connectivity index (χ0v) is 8.60. The first-order valence-corrected chi connectivity index (χ1v) is 4.37. The lowest BCUT2D eigenvalue weighted by Crippen LogP contribution is -2.10. The number of carbonyl (C=O) groups excluding carboxylic acids is 1. The molecule has 0 radical (unpaired) electrons. The van der Waals surface area contributed by atoms with Gasteiger partial charge in [0.25, 0.3) is 5.91 Å². The van der Waals surface area contributed by atoms with Gasteiger partial charge in [0, 0.05) is 19.8 Å². The molecule has 0 atom stereocenters. The first kappa shape index (κ1) is 11.2. The number of anilines is 1. The van der Waals surface area contributed by atoms with E-state index in [1.165, 1.54) is 12.4 Å². The zero-order chi connectivity index (χ0) is 11.3. The summed E-state index contributed by atoms with van der Waals surface area (Å²) in [6.45, 7) is 0. The van der Waals surface area contributed by atoms with Gasteiger partial charge in [-0.25, -0.2) is 0 Å². The van der Waals surface area contributed by atoms with Crippen LogP contribution in [0.25, 0.3) is 0 Å². The third-order valence-corrected chi connectivity index (χ3v) is 1.67. The van der Waals surface area contributed by atoms with Gasteiger partial charge in [0.15, 0.2) is 0 Å². The van der Waals surface area contributed by atoms with Crippen molar-refractivity contribution in [3.05, 3.63) is 35.0 Å². The van der Waals surface area contributed by atoms with Gasteiger partial charge < -0.3 is 15.6 Å². The van der Waals surface area contributed by atoms with Gasteiger partial charge >= 0.3 is 0 Å². The highest BCUT2D eigenvalue weighted by Crippen LogP contribution is 2.15. The van der Waals surface area contributed by atoms with Crippen molar-refractivity contribution in [2.45, 2.75) is 0 Å². The summed E-state index contributed by atoms with van der Waals surface area (Å²) in [7, 11) is 3.52. The van der Waals surface area contributed by atoms with Crippen LogP contribution in [0.15, 0.2) is 29.3 Å². The fourth-order valence-corrected chi connectivity index (χ4v) is 0.996. The van der Waals surface area contributed by atoms with Crippen LogP contribution in [0, 0.1) is 5.21 Å². The molecule has 5 heteroatoms. The van der Waals surface area contributed by atoms with E-state index in [9.17, 15) is 10.0 Å². The Bertz CT molecular complexity index is 375. The fraction of sp³-hybridized carbons (Fsp3) is 0.200. The highest BCUT2D eigenvalue weighted by atomic mass is 16.5. The van der Waals surface area contributed by atoms with Crippen molar-refractivity contribution in [1.29, 1.82) is 0 Å². The number of benzene rings is 1. The molecule has 0 aliphatic carbocycles. The van der Waals surface area contributed by atoms with Crippen molar-refractivity contribution < 1.29 is 4.79 Å². The minimum absolute atomic E-state index is 0.235. The van der Waals surface area contributed by atoms with E-state index in [1.807, 2.05) is 0 Å². The molecule has 0 aliphatic rings. The van der Waals surface area contributed by atoms with Crippen LogP contribution in [-0.2, 0) is 0 Å². The first-order chi connectivity index (χ1) is 7.15. The lowest BCUT2D eigenvalue weighted by molar-refractivity contribution is 0.100. The van der Waals surface area contributed by atoms with E-state index in [-0.39, 0.29) is 11.3 Å². The van der Waals surface area contributed by atoms with Crippen LogP contribution in [-0.4, -0.2) is 31.2 Å². The van der Waals surface area contributed by atoms with E-state index in [0.717, 1.165) is 0 Å². The van der Waals surface area contributed by atoms with Crippen LogP contribution in [0.2, 0.25) is 0 Å². The number of para-hydroxylation sites is 1. The van der Waals surface area contributed by atoms with Gasteiger partial charge in [0.05, 0.1) is 11.9 Å². The number of amides is 1. The highest BCUT2D eigenvalue weighted by molar-refractivity contribution is 6.03. The van der Waals surface area contributed by atoms with Gasteiger partial charge in [-0.1, -0.05) is 12.1 Å². The summed E-state index contributed by atoms with van der Waals surface area (Å²) < 4.78 is 0. The van der Waals surface area contributed by atoms with Crippen LogP contribution >= 0.6 is 0 Å². The summed E-state index contributed by atoms with van der Waals surface area (Å²) in [5.74, 6) is -0.442. The van der Waals surface area contributed by atoms with Gasteiger partial charge in [-0.3, -0.25) is 4.79 Å². The third-order valence-electron chi connectivity index (χ3n) is 1.67. The van der Waals surface area contributed by atoms with Crippen molar-refractivity contribution in [2.75, 3.05) is 19.6 Å². The minimum Gasteiger partial charge on any atom is -0.761 e. The SMILES string of the molecule is CN(C)C=NC(=O)c1ccccc1N[O-]. The number of carbonyl (C=O) groups is 1. The summed E-state index contributed by atoms with van der Waals surface area (Å²) in [6, 6.07) is 6.44. The molecule has 0 aliphatic heterocycles. The Morgan fingerprint density at radius 3 is 2.73 bits per heavy atom. The highest BCUT2D eigenvalue weighted by Gasteiger charge is 2.06. The maximum absolute atomic E-state index is 11.5. The second kappa shape index (κ2) is 5.11. The molecule has 1 N–H and O–H groups in total. The predicted octanol–water partition coefficient (Wildman–Crippen LogP) is 1.33. The average Bonchev–Trinajstić information content (AvgIpc) is 2.25. The fourth-order valence-electron chi connectivity index (χ4n) is 0.996. The van der Waals surface area contributed by atoms with E-state index >= 15 is 0 Å². The Morgan fingerprint density at radius 2 is 2.13 bits per heavy atom. The molecule has 0 bridgehead atoms. The largest absolute Gasteiger partial charge is 0.761 e. The molecule has 1 aromatic carbocycles. The summed E-state index contributed by atoms with van der Waals surface area (Å²) in [4.78, 5) is 16.9. The molecule has 0 saturated carbocycles. The van der Waals surface area contributed by atoms with Crippen molar-refractivity contribution in [3.63, 3.8) is 0 Å². The van der Waals surface area contributed by atoms with Crippen molar-refractivity contribution in [3.8, 4) is 0 Å². The van der Waals surface area contributed by atoms with Crippen LogP contribution in [0.5, 0.6) is 0 Å². The molecule has 0 spiro atoms. The Morgan fingerprint density at radius 1 is 1.47 bits per heavy atom. The van der Waals surface area contributed by atoms with Crippen LogP contribution in [0.4, 0.5) is 5.69 Å². The summed E-state index contributed by atoms with van der Waals surface area (Å²) in [5, 5.41) is 10.5. The molecule has 0 aromatic heterocycles. The Kier molecular flexibility index (Phi) is 3.82. The normalized spacial score (nSPS) is 10.3. The molecule has 1 amide bonds. The molecular weight excluding hydrogens is 194 g/mol. The number of aliphatic imine (C=N–C) groups is 1. The van der Waals surface area contributed by atoms with Gasteiger partial charge in [0.2, 0.25) is 0 Å². The zero-order valence-electron chi connectivity index (χ0n) is 8.60. The molecule has 1 aromatic rings. The molecular formula is C10H12N3O2-. The topological polar surface area (TPSA) is 67.8 Å². The monoisotopic (exact) mass is 206 g/mol. The molecule has 80 valence electrons. The van der Waals surface area contributed by atoms with E-state index in [4.69, 9.17) is 0 Å². The predicted molar refractivity (Wildman–Crippen MR) is 59.9 cm³/mol. The smallest absolute Gasteiger partial charge is 0.280 e. The van der Waals surface area contributed by atoms with E-state index in [2.05, 4.69) is 4.99 Å². The maximum atomic E-state index is 11.5. The van der Waals surface area contributed by atoms with Crippen LogP contribution < -0.4 is 5.48 Å². The lowest BCUT2D eigenvalue weighted by Gasteiger charge is -2.12. The van der Waals surface area contributed by atoms with E-state index in [0.29, 0.717) is 0 Å². The van der Waals surface area contributed by atoms with Crippen molar-refractivity contribution in [1.82, 2.24) is 4.90 Å². The number of hydrogen-bond acceptors (Lipinski definition) is 3. The summed E-state index contributed by atoms with van der Waals surface area (Å²) in [5.41, 5.74) is 2.21. The lowest BCUT2D eigenvalue weighted by atomic mass is 10.2. The van der Waals surface area contributed by atoms with Crippen LogP contribution in [0.1, 0.15) is 10.4 Å². The van der Waals surface area contributed by atoms with Gasteiger partial charge in [-0.2, -0.15) is 4.99 Å². The molecule has 15 heavy (non-hydrogen) atoms. The number of rotatable bonds is 3. The number of nitrogens with one attached hydrogen (secondary N) is 1. The standard InChI is InChI=1S/C10H12N3O2/c1-13(2)7-11-10(14)8-5-3-4-6-9(8)12-15/h3-7,12H,1-2H3/q-1. The Labute approximate surface area is 88.0 Å².